The Bertz CT molecular complexity index is 866. The molecule has 1 amide bonds. The number of hydrogen-bond acceptors (Lipinski definition) is 7. The minimum Gasteiger partial charge on any atom is -0.477 e. The highest BCUT2D eigenvalue weighted by Crippen LogP contribution is 2.30. The number of halogens is 1. The average molecular weight is 441 g/mol. The Balaban J connectivity index is 1.65. The van der Waals surface area contributed by atoms with E-state index < -0.39 is 5.97 Å². The molecule has 0 radical (unpaired) electrons. The van der Waals surface area contributed by atoms with Crippen LogP contribution in [0.3, 0.4) is 0 Å². The largest absolute Gasteiger partial charge is 0.477 e. The van der Waals surface area contributed by atoms with Gasteiger partial charge in [0, 0.05) is 26.6 Å². The molecule has 1 fully saturated rings. The maximum atomic E-state index is 12.6. The van der Waals surface area contributed by atoms with Gasteiger partial charge in [-0.2, -0.15) is 0 Å². The number of aryl methyl sites for hydroxylation is 1. The Morgan fingerprint density at radius 3 is 2.69 bits per heavy atom. The van der Waals surface area contributed by atoms with E-state index in [9.17, 15) is 14.7 Å². The van der Waals surface area contributed by atoms with Gasteiger partial charge < -0.3 is 20.1 Å². The van der Waals surface area contributed by atoms with Gasteiger partial charge in [-0.25, -0.2) is 14.8 Å². The van der Waals surface area contributed by atoms with Crippen molar-refractivity contribution in [1.29, 1.82) is 0 Å². The fourth-order valence-electron chi connectivity index (χ4n) is 3.54. The van der Waals surface area contributed by atoms with E-state index in [0.29, 0.717) is 54.0 Å². The lowest BCUT2D eigenvalue weighted by molar-refractivity contribution is -0.116. The van der Waals surface area contributed by atoms with Crippen LogP contribution in [0.1, 0.15) is 48.5 Å². The third-order valence-corrected chi connectivity index (χ3v) is 6.76. The zero-order valence-corrected chi connectivity index (χ0v) is 18.3. The van der Waals surface area contributed by atoms with Crippen LogP contribution >= 0.6 is 22.9 Å². The SMILES string of the molecule is CCC1=C(Cl)N=C(C(=O)N[C@@H]2CCN(c3nc(CC)c(C(=O)O)s3)C[C@@H]2OC)C1. The number of carboxylic acids is 1. The molecule has 0 unspecified atom stereocenters. The van der Waals surface area contributed by atoms with E-state index in [-0.39, 0.29) is 22.9 Å². The predicted molar refractivity (Wildman–Crippen MR) is 113 cm³/mol. The number of piperidine rings is 1. The van der Waals surface area contributed by atoms with Crippen LogP contribution in [0.25, 0.3) is 0 Å². The Hall–Kier alpha value is -1.97. The molecule has 8 nitrogen and oxygen atoms in total. The first kappa shape index (κ1) is 21.7. The van der Waals surface area contributed by atoms with Crippen molar-refractivity contribution in [3.8, 4) is 0 Å². The van der Waals surface area contributed by atoms with Crippen molar-refractivity contribution < 1.29 is 19.4 Å². The van der Waals surface area contributed by atoms with Crippen LogP contribution in [-0.4, -0.2) is 60.0 Å². The van der Waals surface area contributed by atoms with Gasteiger partial charge in [0.25, 0.3) is 5.91 Å². The smallest absolute Gasteiger partial charge is 0.347 e. The quantitative estimate of drug-likeness (QED) is 0.632. The Kier molecular flexibility index (Phi) is 6.92. The number of hydrogen-bond donors (Lipinski definition) is 2. The zero-order chi connectivity index (χ0) is 21.1. The summed E-state index contributed by atoms with van der Waals surface area (Å²) in [5.41, 5.74) is 2.00. The number of allylic oxidation sites excluding steroid dienone is 1. The summed E-state index contributed by atoms with van der Waals surface area (Å²) in [7, 11) is 1.61. The molecule has 2 N–H and O–H groups in total. The van der Waals surface area contributed by atoms with Crippen molar-refractivity contribution in [2.45, 2.75) is 51.7 Å². The van der Waals surface area contributed by atoms with Gasteiger partial charge in [-0.05, 0) is 24.8 Å². The molecule has 2 atom stereocenters. The lowest BCUT2D eigenvalue weighted by atomic mass is 10.0. The number of carboxylic acid groups (broad SMARTS) is 1. The molecule has 1 saturated heterocycles. The van der Waals surface area contributed by atoms with Gasteiger partial charge >= 0.3 is 5.97 Å². The van der Waals surface area contributed by atoms with E-state index in [1.165, 1.54) is 11.3 Å². The first-order chi connectivity index (χ1) is 13.9. The van der Waals surface area contributed by atoms with Crippen molar-refractivity contribution in [3.63, 3.8) is 0 Å². The molecular formula is C19H25ClN4O4S. The Labute approximate surface area is 178 Å². The van der Waals surface area contributed by atoms with E-state index in [0.717, 1.165) is 12.0 Å². The van der Waals surface area contributed by atoms with E-state index >= 15 is 0 Å². The maximum Gasteiger partial charge on any atom is 0.347 e. The average Bonchev–Trinajstić information content (AvgIpc) is 3.31. The minimum atomic E-state index is -0.952. The van der Waals surface area contributed by atoms with E-state index in [1.54, 1.807) is 7.11 Å². The number of methoxy groups -OCH3 is 1. The number of rotatable bonds is 7. The fourth-order valence-corrected chi connectivity index (χ4v) is 4.87. The molecule has 10 heteroatoms. The molecule has 0 spiro atoms. The number of aromatic nitrogens is 1. The number of aromatic carboxylic acids is 1. The van der Waals surface area contributed by atoms with Gasteiger partial charge in [-0.15, -0.1) is 0 Å². The van der Waals surface area contributed by atoms with Gasteiger partial charge in [-0.1, -0.05) is 36.8 Å². The fraction of sp³-hybridized carbons (Fsp3) is 0.579. The first-order valence-electron chi connectivity index (χ1n) is 9.64. The second-order valence-corrected chi connectivity index (χ2v) is 8.34. The van der Waals surface area contributed by atoms with Crippen molar-refractivity contribution in [1.82, 2.24) is 10.3 Å². The van der Waals surface area contributed by atoms with Crippen LogP contribution in [0, 0.1) is 0 Å². The number of amides is 1. The molecule has 0 aliphatic carbocycles. The molecule has 0 bridgehead atoms. The molecular weight excluding hydrogens is 416 g/mol. The highest BCUT2D eigenvalue weighted by molar-refractivity contribution is 7.17. The van der Waals surface area contributed by atoms with Crippen molar-refractivity contribution in [2.24, 2.45) is 4.99 Å². The van der Waals surface area contributed by atoms with Gasteiger partial charge in [0.1, 0.15) is 15.7 Å². The number of aliphatic imine (C=N–C) groups is 1. The van der Waals surface area contributed by atoms with Gasteiger partial charge in [0.15, 0.2) is 5.13 Å². The zero-order valence-electron chi connectivity index (χ0n) is 16.7. The standard InChI is InChI=1S/C19H25ClN4O4S/c1-4-10-8-13(21-16(10)20)17(25)22-12-6-7-24(9-14(12)28-3)19-23-11(5-2)15(29-19)18(26)27/h12,14H,4-9H2,1-3H3,(H,22,25)(H,26,27)/t12-,14+/m1/s1. The van der Waals surface area contributed by atoms with Crippen LogP contribution < -0.4 is 10.2 Å². The van der Waals surface area contributed by atoms with Gasteiger partial charge in [-0.3, -0.25) is 4.79 Å². The second-order valence-electron chi connectivity index (χ2n) is 7.00. The highest BCUT2D eigenvalue weighted by atomic mass is 35.5. The first-order valence-corrected chi connectivity index (χ1v) is 10.8. The van der Waals surface area contributed by atoms with Crippen LogP contribution in [0.15, 0.2) is 15.7 Å². The number of anilines is 1. The van der Waals surface area contributed by atoms with Gasteiger partial charge in [0.2, 0.25) is 0 Å². The van der Waals surface area contributed by atoms with Crippen molar-refractivity contribution in [3.05, 3.63) is 21.3 Å². The van der Waals surface area contributed by atoms with E-state index in [4.69, 9.17) is 16.3 Å². The number of thiazole rings is 1. The molecule has 2 aliphatic heterocycles. The molecule has 0 aromatic carbocycles. The number of carbonyl (C=O) groups is 2. The molecule has 3 heterocycles. The molecule has 3 rings (SSSR count). The topological polar surface area (TPSA) is 104 Å². The van der Waals surface area contributed by atoms with Crippen LogP contribution in [0.2, 0.25) is 0 Å². The Morgan fingerprint density at radius 1 is 1.38 bits per heavy atom. The number of nitrogens with one attached hydrogen (secondary N) is 1. The summed E-state index contributed by atoms with van der Waals surface area (Å²) in [5, 5.41) is 13.5. The summed E-state index contributed by atoms with van der Waals surface area (Å²) < 4.78 is 5.62. The molecule has 1 aromatic heterocycles. The van der Waals surface area contributed by atoms with Crippen LogP contribution in [-0.2, 0) is 16.0 Å². The number of nitrogens with zero attached hydrogens (tertiary/aromatic N) is 3. The maximum absolute atomic E-state index is 12.6. The van der Waals surface area contributed by atoms with Crippen molar-refractivity contribution >= 4 is 45.7 Å². The molecule has 158 valence electrons. The predicted octanol–water partition coefficient (Wildman–Crippen LogP) is 2.82. The van der Waals surface area contributed by atoms with E-state index in [2.05, 4.69) is 15.3 Å². The summed E-state index contributed by atoms with van der Waals surface area (Å²) in [6.07, 6.45) is 2.23. The molecule has 1 aromatic rings. The molecule has 0 saturated carbocycles. The molecule has 2 aliphatic rings. The molecule has 29 heavy (non-hydrogen) atoms. The monoisotopic (exact) mass is 440 g/mol. The minimum absolute atomic E-state index is 0.166. The third-order valence-electron chi connectivity index (χ3n) is 5.26. The normalized spacial score (nSPS) is 22.1. The third kappa shape index (κ3) is 4.62. The summed E-state index contributed by atoms with van der Waals surface area (Å²) >= 11 is 7.27. The lowest BCUT2D eigenvalue weighted by Gasteiger charge is -2.38. The number of ether oxygens (including phenoxy) is 1. The summed E-state index contributed by atoms with van der Waals surface area (Å²) in [5.74, 6) is -1.17. The van der Waals surface area contributed by atoms with Gasteiger partial charge in [0.05, 0.1) is 17.8 Å². The van der Waals surface area contributed by atoms with Crippen LogP contribution in [0.4, 0.5) is 5.13 Å². The summed E-state index contributed by atoms with van der Waals surface area (Å²) in [6, 6.07) is -0.166. The highest BCUT2D eigenvalue weighted by Gasteiger charge is 2.34. The van der Waals surface area contributed by atoms with Crippen LogP contribution in [0.5, 0.6) is 0 Å². The number of carbonyl (C=O) groups excluding carboxylic acids is 1. The second kappa shape index (κ2) is 9.23. The summed E-state index contributed by atoms with van der Waals surface area (Å²) in [6.45, 7) is 5.04. The Morgan fingerprint density at radius 2 is 2.14 bits per heavy atom. The van der Waals surface area contributed by atoms with Crippen molar-refractivity contribution in [2.75, 3.05) is 25.1 Å². The van der Waals surface area contributed by atoms with E-state index in [1.807, 2.05) is 18.7 Å². The lowest BCUT2D eigenvalue weighted by Crippen LogP contribution is -2.55. The summed E-state index contributed by atoms with van der Waals surface area (Å²) in [4.78, 5) is 35.0.